The first-order valence-electron chi connectivity index (χ1n) is 7.72. The van der Waals surface area contributed by atoms with Gasteiger partial charge in [0.25, 0.3) is 0 Å². The van der Waals surface area contributed by atoms with Crippen molar-refractivity contribution in [2.75, 3.05) is 18.5 Å². The molecule has 0 radical (unpaired) electrons. The second-order valence-electron chi connectivity index (χ2n) is 5.61. The monoisotopic (exact) mass is 353 g/mol. The Balaban J connectivity index is 1.82. The number of amides is 1. The van der Waals surface area contributed by atoms with E-state index < -0.39 is 0 Å². The summed E-state index contributed by atoms with van der Waals surface area (Å²) in [6.07, 6.45) is 3.11. The third kappa shape index (κ3) is 5.11. The van der Waals surface area contributed by atoms with Gasteiger partial charge in [-0.15, -0.1) is 0 Å². The van der Waals surface area contributed by atoms with Crippen molar-refractivity contribution in [3.05, 3.63) is 35.9 Å². The topological polar surface area (TPSA) is 29.5 Å². The lowest BCUT2D eigenvalue weighted by Crippen LogP contribution is -2.38. The minimum Gasteiger partial charge on any atom is -0.378 e. The number of hydrogen-bond acceptors (Lipinski definition) is 2. The molecule has 0 unspecified atom stereocenters. The van der Waals surface area contributed by atoms with Crippen LogP contribution in [-0.2, 0) is 16.1 Å². The molecule has 2 rings (SSSR count). The van der Waals surface area contributed by atoms with Crippen LogP contribution in [0.2, 0.25) is 0 Å². The highest BCUT2D eigenvalue weighted by Crippen LogP contribution is 2.33. The van der Waals surface area contributed by atoms with E-state index in [9.17, 15) is 4.79 Å². The molecular weight excluding hydrogens is 330 g/mol. The Bertz CT molecular complexity index is 432. The summed E-state index contributed by atoms with van der Waals surface area (Å²) in [5, 5.41) is 0.817. The largest absolute Gasteiger partial charge is 0.378 e. The Morgan fingerprint density at radius 3 is 2.67 bits per heavy atom. The van der Waals surface area contributed by atoms with Crippen LogP contribution in [0.3, 0.4) is 0 Å². The van der Waals surface area contributed by atoms with Crippen LogP contribution in [0.4, 0.5) is 0 Å². The minimum absolute atomic E-state index is 0.262. The van der Waals surface area contributed by atoms with Gasteiger partial charge in [0, 0.05) is 31.4 Å². The predicted molar refractivity (Wildman–Crippen MR) is 88.4 cm³/mol. The second-order valence-corrected chi connectivity index (χ2v) is 6.40. The van der Waals surface area contributed by atoms with Crippen molar-refractivity contribution in [1.82, 2.24) is 4.90 Å². The zero-order valence-electron chi connectivity index (χ0n) is 12.6. The summed E-state index contributed by atoms with van der Waals surface area (Å²) < 4.78 is 5.56. The third-order valence-corrected chi connectivity index (χ3v) is 4.34. The van der Waals surface area contributed by atoms with E-state index in [1.54, 1.807) is 0 Å². The summed E-state index contributed by atoms with van der Waals surface area (Å²) in [5.41, 5.74) is 1.19. The lowest BCUT2D eigenvalue weighted by molar-refractivity contribution is -0.134. The van der Waals surface area contributed by atoms with E-state index >= 15 is 0 Å². The number of hydrogen-bond donors (Lipinski definition) is 0. The van der Waals surface area contributed by atoms with Crippen molar-refractivity contribution in [1.29, 1.82) is 0 Å². The lowest BCUT2D eigenvalue weighted by Gasteiger charge is -2.35. The van der Waals surface area contributed by atoms with Gasteiger partial charge in [-0.3, -0.25) is 4.79 Å². The Kier molecular flexibility index (Phi) is 6.71. The molecule has 0 atom stereocenters. The van der Waals surface area contributed by atoms with Crippen molar-refractivity contribution >= 4 is 21.8 Å². The van der Waals surface area contributed by atoms with E-state index in [0.29, 0.717) is 25.0 Å². The van der Waals surface area contributed by atoms with Gasteiger partial charge in [-0.25, -0.2) is 0 Å². The summed E-state index contributed by atoms with van der Waals surface area (Å²) in [4.78, 5) is 14.4. The first-order chi connectivity index (χ1) is 10.2. The highest BCUT2D eigenvalue weighted by atomic mass is 79.9. The molecule has 0 aliphatic heterocycles. The average Bonchev–Trinajstić information content (AvgIpc) is 2.45. The third-order valence-electron chi connectivity index (χ3n) is 3.98. The molecule has 1 aliphatic carbocycles. The van der Waals surface area contributed by atoms with Crippen molar-refractivity contribution in [2.45, 2.75) is 38.8 Å². The van der Waals surface area contributed by atoms with Gasteiger partial charge in [-0.1, -0.05) is 46.3 Å². The number of nitrogens with zero attached hydrogens (tertiary/aromatic N) is 1. The van der Waals surface area contributed by atoms with Crippen molar-refractivity contribution < 1.29 is 9.53 Å². The molecule has 1 aromatic carbocycles. The zero-order valence-corrected chi connectivity index (χ0v) is 14.2. The van der Waals surface area contributed by atoms with E-state index in [1.165, 1.54) is 5.56 Å². The number of alkyl halides is 1. The maximum absolute atomic E-state index is 12.5. The van der Waals surface area contributed by atoms with Crippen LogP contribution < -0.4 is 0 Å². The summed E-state index contributed by atoms with van der Waals surface area (Å²) in [6.45, 7) is 4.26. The molecule has 21 heavy (non-hydrogen) atoms. The first-order valence-corrected chi connectivity index (χ1v) is 8.84. The summed E-state index contributed by atoms with van der Waals surface area (Å²) in [5.74, 6) is 0.765. The standard InChI is InChI=1S/C17H24BrNO2/c1-2-21-16-10-15(11-16)12-17(20)19(9-8-18)13-14-6-4-3-5-7-14/h3-7,15-16H,2,8-13H2,1H3. The molecule has 1 amide bonds. The van der Waals surface area contributed by atoms with Gasteiger partial charge < -0.3 is 9.64 Å². The molecule has 1 aliphatic rings. The fraction of sp³-hybridized carbons (Fsp3) is 0.588. The molecule has 1 fully saturated rings. The van der Waals surface area contributed by atoms with Gasteiger partial charge >= 0.3 is 0 Å². The molecular formula is C17H24BrNO2. The first kappa shape index (κ1) is 16.5. The van der Waals surface area contributed by atoms with Gasteiger partial charge in [0.05, 0.1) is 6.10 Å². The number of carbonyl (C=O) groups is 1. The van der Waals surface area contributed by atoms with Gasteiger partial charge in [0.1, 0.15) is 0 Å². The Morgan fingerprint density at radius 1 is 1.33 bits per heavy atom. The molecule has 0 spiro atoms. The minimum atomic E-state index is 0.262. The number of ether oxygens (including phenoxy) is 1. The highest BCUT2D eigenvalue weighted by Gasteiger charge is 2.32. The van der Waals surface area contributed by atoms with E-state index in [4.69, 9.17) is 4.74 Å². The van der Waals surface area contributed by atoms with E-state index in [-0.39, 0.29) is 5.91 Å². The normalized spacial score (nSPS) is 20.9. The van der Waals surface area contributed by atoms with Crippen LogP contribution in [0.5, 0.6) is 0 Å². The molecule has 3 nitrogen and oxygen atoms in total. The maximum atomic E-state index is 12.5. The second kappa shape index (κ2) is 8.54. The summed E-state index contributed by atoms with van der Waals surface area (Å²) in [6, 6.07) is 10.2. The quantitative estimate of drug-likeness (QED) is 0.668. The number of rotatable bonds is 8. The molecule has 1 aromatic rings. The molecule has 0 saturated heterocycles. The van der Waals surface area contributed by atoms with Gasteiger partial charge in [0.15, 0.2) is 0 Å². The highest BCUT2D eigenvalue weighted by molar-refractivity contribution is 9.09. The molecule has 4 heteroatoms. The van der Waals surface area contributed by atoms with Gasteiger partial charge in [-0.2, -0.15) is 0 Å². The zero-order chi connectivity index (χ0) is 15.1. The fourth-order valence-corrected chi connectivity index (χ4v) is 3.21. The lowest BCUT2D eigenvalue weighted by atomic mass is 9.79. The summed E-state index contributed by atoms with van der Waals surface area (Å²) in [7, 11) is 0. The van der Waals surface area contributed by atoms with Crippen molar-refractivity contribution in [2.24, 2.45) is 5.92 Å². The van der Waals surface area contributed by atoms with Crippen LogP contribution in [-0.4, -0.2) is 35.4 Å². The number of carbonyl (C=O) groups excluding carboxylic acids is 1. The fourth-order valence-electron chi connectivity index (χ4n) is 2.79. The van der Waals surface area contributed by atoms with Crippen LogP contribution in [0.1, 0.15) is 31.7 Å². The molecule has 1 saturated carbocycles. The molecule has 0 aromatic heterocycles. The molecule has 0 heterocycles. The maximum Gasteiger partial charge on any atom is 0.223 e. The van der Waals surface area contributed by atoms with E-state index in [2.05, 4.69) is 28.1 Å². The smallest absolute Gasteiger partial charge is 0.223 e. The number of halogens is 1. The predicted octanol–water partition coefficient (Wildman–Crippen LogP) is 3.62. The Morgan fingerprint density at radius 2 is 2.05 bits per heavy atom. The van der Waals surface area contributed by atoms with E-state index in [0.717, 1.165) is 31.3 Å². The van der Waals surface area contributed by atoms with Crippen LogP contribution in [0.25, 0.3) is 0 Å². The average molecular weight is 354 g/mol. The summed E-state index contributed by atoms with van der Waals surface area (Å²) >= 11 is 3.45. The molecule has 116 valence electrons. The van der Waals surface area contributed by atoms with Crippen LogP contribution >= 0.6 is 15.9 Å². The van der Waals surface area contributed by atoms with Crippen LogP contribution in [0.15, 0.2) is 30.3 Å². The van der Waals surface area contributed by atoms with E-state index in [1.807, 2.05) is 30.0 Å². The molecule has 0 bridgehead atoms. The van der Waals surface area contributed by atoms with Crippen LogP contribution in [0, 0.1) is 5.92 Å². The Labute approximate surface area is 135 Å². The number of benzene rings is 1. The Hall–Kier alpha value is -0.870. The van der Waals surface area contributed by atoms with Crippen molar-refractivity contribution in [3.63, 3.8) is 0 Å². The molecule has 0 N–H and O–H groups in total. The van der Waals surface area contributed by atoms with Gasteiger partial charge in [0.2, 0.25) is 5.91 Å². The van der Waals surface area contributed by atoms with Gasteiger partial charge in [-0.05, 0) is 31.2 Å². The van der Waals surface area contributed by atoms with Crippen molar-refractivity contribution in [3.8, 4) is 0 Å². The SMILES string of the molecule is CCOC1CC(CC(=O)N(CCBr)Cc2ccccc2)C1.